The highest BCUT2D eigenvalue weighted by Gasteiger charge is 2.36. The van der Waals surface area contributed by atoms with Gasteiger partial charge in [-0.05, 0) is 32.6 Å². The summed E-state index contributed by atoms with van der Waals surface area (Å²) in [6.45, 7) is 2.70. The first-order chi connectivity index (χ1) is 7.61. The number of carbonyl (C=O) groups excluding carboxylic acids is 2. The van der Waals surface area contributed by atoms with E-state index in [1.165, 1.54) is 0 Å². The molecule has 92 valence electrons. The SMILES string of the molecule is CCOC(=O)[C@H]1CC[C@](Cl)(CNC=O)CC1. The van der Waals surface area contributed by atoms with Crippen LogP contribution in [0.5, 0.6) is 0 Å². The van der Waals surface area contributed by atoms with Crippen molar-refractivity contribution in [2.75, 3.05) is 13.2 Å². The first-order valence-electron chi connectivity index (χ1n) is 5.64. The van der Waals surface area contributed by atoms with Gasteiger partial charge in [-0.25, -0.2) is 0 Å². The largest absolute Gasteiger partial charge is 0.466 e. The Morgan fingerprint density at radius 2 is 2.19 bits per heavy atom. The second kappa shape index (κ2) is 6.09. The summed E-state index contributed by atoms with van der Waals surface area (Å²) in [5.41, 5.74) is 0. The molecule has 5 heteroatoms. The molecular weight excluding hydrogens is 230 g/mol. The minimum Gasteiger partial charge on any atom is -0.466 e. The van der Waals surface area contributed by atoms with Gasteiger partial charge in [-0.2, -0.15) is 0 Å². The van der Waals surface area contributed by atoms with E-state index in [0.29, 0.717) is 19.6 Å². The Balaban J connectivity index is 2.37. The quantitative estimate of drug-likeness (QED) is 0.455. The summed E-state index contributed by atoms with van der Waals surface area (Å²) >= 11 is 6.33. The Morgan fingerprint density at radius 3 is 2.69 bits per heavy atom. The predicted molar refractivity (Wildman–Crippen MR) is 61.2 cm³/mol. The fourth-order valence-electron chi connectivity index (χ4n) is 2.03. The summed E-state index contributed by atoms with van der Waals surface area (Å²) in [6.07, 6.45) is 3.60. The molecule has 0 radical (unpaired) electrons. The highest BCUT2D eigenvalue weighted by molar-refractivity contribution is 6.24. The lowest BCUT2D eigenvalue weighted by Gasteiger charge is -2.34. The number of alkyl halides is 1. The van der Waals surface area contributed by atoms with Gasteiger partial charge in [0.25, 0.3) is 0 Å². The molecule has 0 aliphatic heterocycles. The van der Waals surface area contributed by atoms with Gasteiger partial charge in [0.1, 0.15) is 0 Å². The fraction of sp³-hybridized carbons (Fsp3) is 0.818. The van der Waals surface area contributed by atoms with E-state index in [1.807, 2.05) is 0 Å². The number of hydrogen-bond acceptors (Lipinski definition) is 3. The van der Waals surface area contributed by atoms with Gasteiger partial charge in [0.15, 0.2) is 0 Å². The second-order valence-electron chi connectivity index (χ2n) is 4.18. The average molecular weight is 248 g/mol. The Morgan fingerprint density at radius 1 is 1.56 bits per heavy atom. The van der Waals surface area contributed by atoms with Crippen LogP contribution >= 0.6 is 11.6 Å². The van der Waals surface area contributed by atoms with Crippen LogP contribution in [-0.2, 0) is 14.3 Å². The summed E-state index contributed by atoms with van der Waals surface area (Å²) in [7, 11) is 0. The highest BCUT2D eigenvalue weighted by Crippen LogP contribution is 2.37. The average Bonchev–Trinajstić information content (AvgIpc) is 2.28. The second-order valence-corrected chi connectivity index (χ2v) is 4.98. The number of nitrogens with one attached hydrogen (secondary N) is 1. The molecule has 0 aromatic rings. The van der Waals surface area contributed by atoms with Crippen molar-refractivity contribution in [1.29, 1.82) is 0 Å². The molecule has 4 nitrogen and oxygen atoms in total. The number of hydrogen-bond donors (Lipinski definition) is 1. The number of esters is 1. The van der Waals surface area contributed by atoms with Crippen molar-refractivity contribution < 1.29 is 14.3 Å². The molecule has 1 amide bonds. The Labute approximate surface area is 101 Å². The van der Waals surface area contributed by atoms with Crippen molar-refractivity contribution in [3.05, 3.63) is 0 Å². The first-order valence-corrected chi connectivity index (χ1v) is 6.01. The van der Waals surface area contributed by atoms with Crippen LogP contribution in [0.25, 0.3) is 0 Å². The van der Waals surface area contributed by atoms with E-state index in [2.05, 4.69) is 5.32 Å². The lowest BCUT2D eigenvalue weighted by Crippen LogP contribution is -2.40. The maximum absolute atomic E-state index is 11.5. The van der Waals surface area contributed by atoms with Gasteiger partial charge < -0.3 is 10.1 Å². The number of carbonyl (C=O) groups is 2. The standard InChI is InChI=1S/C11H18ClNO3/c1-2-16-10(15)9-3-5-11(12,6-4-9)7-13-8-14/h8-9H,2-7H2,1H3,(H,13,14)/t9-,11+. The van der Waals surface area contributed by atoms with Crippen molar-refractivity contribution in [2.45, 2.75) is 37.5 Å². The lowest BCUT2D eigenvalue weighted by atomic mass is 9.81. The van der Waals surface area contributed by atoms with E-state index < -0.39 is 0 Å². The van der Waals surface area contributed by atoms with Crippen molar-refractivity contribution in [2.24, 2.45) is 5.92 Å². The minimum absolute atomic E-state index is 0.0249. The number of halogens is 1. The van der Waals surface area contributed by atoms with E-state index in [4.69, 9.17) is 16.3 Å². The monoisotopic (exact) mass is 247 g/mol. The van der Waals surface area contributed by atoms with Crippen molar-refractivity contribution in [1.82, 2.24) is 5.32 Å². The van der Waals surface area contributed by atoms with E-state index in [-0.39, 0.29) is 16.8 Å². The molecule has 16 heavy (non-hydrogen) atoms. The normalized spacial score (nSPS) is 29.5. The molecule has 0 unspecified atom stereocenters. The lowest BCUT2D eigenvalue weighted by molar-refractivity contribution is -0.149. The van der Waals surface area contributed by atoms with Crippen LogP contribution in [0, 0.1) is 5.92 Å². The molecule has 1 aliphatic rings. The summed E-state index contributed by atoms with van der Waals surface area (Å²) in [5.74, 6) is -0.146. The maximum atomic E-state index is 11.5. The molecule has 0 aromatic heterocycles. The Hall–Kier alpha value is -0.770. The van der Waals surface area contributed by atoms with Crippen LogP contribution in [0.15, 0.2) is 0 Å². The van der Waals surface area contributed by atoms with Crippen LogP contribution in [0.3, 0.4) is 0 Å². The zero-order valence-corrected chi connectivity index (χ0v) is 10.3. The van der Waals surface area contributed by atoms with E-state index in [1.54, 1.807) is 6.92 Å². The van der Waals surface area contributed by atoms with Gasteiger partial charge in [0, 0.05) is 6.54 Å². The summed E-state index contributed by atoms with van der Waals surface area (Å²) < 4.78 is 4.98. The third-order valence-corrected chi connectivity index (χ3v) is 3.52. The maximum Gasteiger partial charge on any atom is 0.308 e. The van der Waals surface area contributed by atoms with Gasteiger partial charge in [0.2, 0.25) is 6.41 Å². The molecule has 0 spiro atoms. The molecule has 1 N–H and O–H groups in total. The summed E-state index contributed by atoms with van der Waals surface area (Å²) in [4.78, 5) is 21.3. The van der Waals surface area contributed by atoms with E-state index in [0.717, 1.165) is 25.7 Å². The fourth-order valence-corrected chi connectivity index (χ4v) is 2.33. The Kier molecular flexibility index (Phi) is 5.06. The number of ether oxygens (including phenoxy) is 1. The molecular formula is C11H18ClNO3. The zero-order chi connectivity index (χ0) is 12.0. The van der Waals surface area contributed by atoms with Crippen LogP contribution in [0.2, 0.25) is 0 Å². The van der Waals surface area contributed by atoms with Gasteiger partial charge in [0.05, 0.1) is 17.4 Å². The van der Waals surface area contributed by atoms with Gasteiger partial charge in [-0.15, -0.1) is 11.6 Å². The van der Waals surface area contributed by atoms with Crippen molar-refractivity contribution in [3.8, 4) is 0 Å². The topological polar surface area (TPSA) is 55.4 Å². The summed E-state index contributed by atoms with van der Waals surface area (Å²) in [6, 6.07) is 0. The smallest absolute Gasteiger partial charge is 0.308 e. The zero-order valence-electron chi connectivity index (χ0n) is 9.50. The number of rotatable bonds is 5. The predicted octanol–water partition coefficient (Wildman–Crippen LogP) is 1.46. The first kappa shape index (κ1) is 13.3. The van der Waals surface area contributed by atoms with Gasteiger partial charge in [-0.3, -0.25) is 9.59 Å². The van der Waals surface area contributed by atoms with Gasteiger partial charge >= 0.3 is 5.97 Å². The molecule has 0 saturated heterocycles. The molecule has 1 rings (SSSR count). The van der Waals surface area contributed by atoms with Crippen molar-refractivity contribution in [3.63, 3.8) is 0 Å². The molecule has 0 heterocycles. The molecule has 1 fully saturated rings. The van der Waals surface area contributed by atoms with Crippen LogP contribution in [0.4, 0.5) is 0 Å². The Bertz CT molecular complexity index is 250. The van der Waals surface area contributed by atoms with Crippen LogP contribution in [0.1, 0.15) is 32.6 Å². The van der Waals surface area contributed by atoms with E-state index >= 15 is 0 Å². The third-order valence-electron chi connectivity index (χ3n) is 3.00. The molecule has 1 aliphatic carbocycles. The molecule has 0 bridgehead atoms. The molecule has 0 aromatic carbocycles. The molecule has 0 atom stereocenters. The van der Waals surface area contributed by atoms with Crippen LogP contribution in [-0.4, -0.2) is 30.4 Å². The van der Waals surface area contributed by atoms with Gasteiger partial charge in [-0.1, -0.05) is 0 Å². The third kappa shape index (κ3) is 3.67. The van der Waals surface area contributed by atoms with Crippen LogP contribution < -0.4 is 5.32 Å². The van der Waals surface area contributed by atoms with Crippen molar-refractivity contribution >= 4 is 24.0 Å². The van der Waals surface area contributed by atoms with E-state index in [9.17, 15) is 9.59 Å². The minimum atomic E-state index is -0.385. The summed E-state index contributed by atoms with van der Waals surface area (Å²) in [5, 5.41) is 2.60. The highest BCUT2D eigenvalue weighted by atomic mass is 35.5. The molecule has 1 saturated carbocycles. The number of amides is 1.